The van der Waals surface area contributed by atoms with Gasteiger partial charge in [-0.1, -0.05) is 18.2 Å². The maximum atomic E-state index is 9.33. The van der Waals surface area contributed by atoms with Gasteiger partial charge in [0.05, 0.1) is 18.0 Å². The molecular weight excluding hydrogens is 238 g/mol. The van der Waals surface area contributed by atoms with Crippen molar-refractivity contribution < 1.29 is 5.11 Å². The van der Waals surface area contributed by atoms with Gasteiger partial charge in [0, 0.05) is 18.8 Å². The number of likely N-dealkylation sites (tertiary alicyclic amines) is 1. The number of hydrogen-bond donors (Lipinski definition) is 1. The third-order valence-electron chi connectivity index (χ3n) is 3.74. The van der Waals surface area contributed by atoms with E-state index >= 15 is 0 Å². The Morgan fingerprint density at radius 2 is 2.05 bits per heavy atom. The Bertz CT molecular complexity index is 523. The summed E-state index contributed by atoms with van der Waals surface area (Å²) in [5, 5.41) is 13.9. The molecule has 0 aliphatic carbocycles. The molecule has 1 saturated heterocycles. The summed E-state index contributed by atoms with van der Waals surface area (Å²) in [5.74, 6) is 0. The molecule has 19 heavy (non-hydrogen) atoms. The van der Waals surface area contributed by atoms with E-state index in [1.165, 1.54) is 6.42 Å². The van der Waals surface area contributed by atoms with Crippen LogP contribution in [-0.4, -0.2) is 39.0 Å². The number of hydrogen-bond acceptors (Lipinski definition) is 3. The van der Waals surface area contributed by atoms with Crippen LogP contribution in [0.5, 0.6) is 0 Å². The molecule has 1 aromatic heterocycles. The number of aromatic nitrogens is 2. The molecule has 0 unspecified atom stereocenters. The molecule has 1 aromatic carbocycles. The van der Waals surface area contributed by atoms with Crippen molar-refractivity contribution in [3.63, 3.8) is 0 Å². The molecule has 100 valence electrons. The lowest BCUT2D eigenvalue weighted by Crippen LogP contribution is -2.31. The van der Waals surface area contributed by atoms with Crippen LogP contribution in [0.3, 0.4) is 0 Å². The summed E-state index contributed by atoms with van der Waals surface area (Å²) < 4.78 is 1.90. The van der Waals surface area contributed by atoms with Crippen molar-refractivity contribution in [1.82, 2.24) is 14.7 Å². The van der Waals surface area contributed by atoms with Gasteiger partial charge in [-0.3, -0.25) is 4.90 Å². The van der Waals surface area contributed by atoms with Crippen molar-refractivity contribution in [1.29, 1.82) is 0 Å². The summed E-state index contributed by atoms with van der Waals surface area (Å²) in [5.41, 5.74) is 2.14. The first-order chi connectivity index (χ1) is 9.36. The monoisotopic (exact) mass is 257 g/mol. The molecule has 4 nitrogen and oxygen atoms in total. The highest BCUT2D eigenvalue weighted by Crippen LogP contribution is 2.19. The lowest BCUT2D eigenvalue weighted by molar-refractivity contribution is 0.152. The predicted molar refractivity (Wildman–Crippen MR) is 74.1 cm³/mol. The molecule has 3 rings (SSSR count). The maximum absolute atomic E-state index is 9.33. The minimum atomic E-state index is 0.249. The highest BCUT2D eigenvalue weighted by Gasteiger charge is 2.24. The fraction of sp³-hybridized carbons (Fsp3) is 0.400. The molecule has 1 N–H and O–H groups in total. The Balaban J connectivity index is 1.72. The molecule has 2 aromatic rings. The van der Waals surface area contributed by atoms with Crippen LogP contribution in [0.25, 0.3) is 5.69 Å². The molecule has 0 radical (unpaired) electrons. The van der Waals surface area contributed by atoms with Gasteiger partial charge in [0.15, 0.2) is 0 Å². The molecule has 0 amide bonds. The Kier molecular flexibility index (Phi) is 3.62. The third-order valence-corrected chi connectivity index (χ3v) is 3.74. The number of aliphatic hydroxyl groups is 1. The van der Waals surface area contributed by atoms with Crippen molar-refractivity contribution in [2.75, 3.05) is 13.2 Å². The average Bonchev–Trinajstić information content (AvgIpc) is 3.09. The SMILES string of the molecule is OC[C@H]1CCCN1Cc1ccn(-c2ccccc2)n1. The highest BCUT2D eigenvalue weighted by atomic mass is 16.3. The molecule has 2 heterocycles. The van der Waals surface area contributed by atoms with Crippen molar-refractivity contribution in [2.45, 2.75) is 25.4 Å². The molecule has 0 spiro atoms. The van der Waals surface area contributed by atoms with E-state index in [0.29, 0.717) is 6.04 Å². The van der Waals surface area contributed by atoms with E-state index < -0.39 is 0 Å². The second kappa shape index (κ2) is 5.55. The van der Waals surface area contributed by atoms with Gasteiger partial charge in [0.1, 0.15) is 0 Å². The Labute approximate surface area is 113 Å². The Morgan fingerprint density at radius 3 is 2.84 bits per heavy atom. The third kappa shape index (κ3) is 2.69. The zero-order valence-corrected chi connectivity index (χ0v) is 10.9. The number of rotatable bonds is 4. The number of benzene rings is 1. The van der Waals surface area contributed by atoms with Gasteiger partial charge in [-0.25, -0.2) is 4.68 Å². The minimum absolute atomic E-state index is 0.249. The van der Waals surface area contributed by atoms with Gasteiger partial charge >= 0.3 is 0 Å². The molecule has 0 saturated carbocycles. The summed E-state index contributed by atoms with van der Waals surface area (Å²) in [6, 6.07) is 12.5. The average molecular weight is 257 g/mol. The molecule has 1 aliphatic heterocycles. The first kappa shape index (κ1) is 12.4. The minimum Gasteiger partial charge on any atom is -0.395 e. The number of para-hydroxylation sites is 1. The Hall–Kier alpha value is -1.65. The van der Waals surface area contributed by atoms with Crippen LogP contribution in [-0.2, 0) is 6.54 Å². The molecular formula is C15H19N3O. The van der Waals surface area contributed by atoms with Crippen LogP contribution >= 0.6 is 0 Å². The van der Waals surface area contributed by atoms with E-state index in [4.69, 9.17) is 0 Å². The second-order valence-electron chi connectivity index (χ2n) is 5.04. The van der Waals surface area contributed by atoms with Gasteiger partial charge in [-0.15, -0.1) is 0 Å². The zero-order valence-electron chi connectivity index (χ0n) is 10.9. The largest absolute Gasteiger partial charge is 0.395 e. The molecule has 1 aliphatic rings. The van der Waals surface area contributed by atoms with Crippen molar-refractivity contribution in [2.24, 2.45) is 0 Å². The zero-order chi connectivity index (χ0) is 13.1. The summed E-state index contributed by atoms with van der Waals surface area (Å²) in [7, 11) is 0. The van der Waals surface area contributed by atoms with Crippen LogP contribution in [0, 0.1) is 0 Å². The van der Waals surface area contributed by atoms with Crippen molar-refractivity contribution in [3.8, 4) is 5.69 Å². The van der Waals surface area contributed by atoms with E-state index in [0.717, 1.165) is 30.9 Å². The van der Waals surface area contributed by atoms with E-state index in [-0.39, 0.29) is 6.61 Å². The summed E-state index contributed by atoms with van der Waals surface area (Å²) in [6.45, 7) is 2.13. The van der Waals surface area contributed by atoms with E-state index in [9.17, 15) is 5.11 Å². The summed E-state index contributed by atoms with van der Waals surface area (Å²) in [4.78, 5) is 2.32. The van der Waals surface area contributed by atoms with E-state index in [2.05, 4.69) is 16.1 Å². The molecule has 0 bridgehead atoms. The predicted octanol–water partition coefficient (Wildman–Crippen LogP) is 1.83. The first-order valence-electron chi connectivity index (χ1n) is 6.82. The first-order valence-corrected chi connectivity index (χ1v) is 6.82. The van der Waals surface area contributed by atoms with Crippen LogP contribution in [0.2, 0.25) is 0 Å². The van der Waals surface area contributed by atoms with Gasteiger partial charge in [0.2, 0.25) is 0 Å². The van der Waals surface area contributed by atoms with Gasteiger partial charge in [-0.2, -0.15) is 5.10 Å². The standard InChI is InChI=1S/C15H19N3O/c19-12-15-7-4-9-17(15)11-13-8-10-18(16-13)14-5-2-1-3-6-14/h1-3,5-6,8,10,15,19H,4,7,9,11-12H2/t15-/m1/s1. The van der Waals surface area contributed by atoms with Gasteiger partial charge < -0.3 is 5.11 Å². The number of nitrogens with zero attached hydrogens (tertiary/aromatic N) is 3. The second-order valence-corrected chi connectivity index (χ2v) is 5.04. The van der Waals surface area contributed by atoms with Crippen molar-refractivity contribution >= 4 is 0 Å². The van der Waals surface area contributed by atoms with E-state index in [1.54, 1.807) is 0 Å². The highest BCUT2D eigenvalue weighted by molar-refractivity contribution is 5.30. The molecule has 1 fully saturated rings. The van der Waals surface area contributed by atoms with Gasteiger partial charge in [-0.05, 0) is 37.6 Å². The van der Waals surface area contributed by atoms with Crippen LogP contribution in [0.4, 0.5) is 0 Å². The molecule has 4 heteroatoms. The fourth-order valence-electron chi connectivity index (χ4n) is 2.69. The Morgan fingerprint density at radius 1 is 1.21 bits per heavy atom. The van der Waals surface area contributed by atoms with Gasteiger partial charge in [0.25, 0.3) is 0 Å². The lowest BCUT2D eigenvalue weighted by Gasteiger charge is -2.21. The maximum Gasteiger partial charge on any atom is 0.0769 e. The fourth-order valence-corrected chi connectivity index (χ4v) is 2.69. The van der Waals surface area contributed by atoms with Crippen LogP contribution in [0.15, 0.2) is 42.6 Å². The van der Waals surface area contributed by atoms with Crippen LogP contribution < -0.4 is 0 Å². The normalized spacial score (nSPS) is 19.9. The smallest absolute Gasteiger partial charge is 0.0769 e. The van der Waals surface area contributed by atoms with Crippen LogP contribution in [0.1, 0.15) is 18.5 Å². The topological polar surface area (TPSA) is 41.3 Å². The number of aliphatic hydroxyl groups excluding tert-OH is 1. The quantitative estimate of drug-likeness (QED) is 0.908. The lowest BCUT2D eigenvalue weighted by atomic mass is 10.2. The summed E-state index contributed by atoms with van der Waals surface area (Å²) in [6.07, 6.45) is 4.26. The van der Waals surface area contributed by atoms with E-state index in [1.807, 2.05) is 41.2 Å². The van der Waals surface area contributed by atoms with Crippen molar-refractivity contribution in [3.05, 3.63) is 48.3 Å². The summed E-state index contributed by atoms with van der Waals surface area (Å²) >= 11 is 0. The molecule has 1 atom stereocenters.